The van der Waals surface area contributed by atoms with E-state index in [1.54, 1.807) is 0 Å². The predicted octanol–water partition coefficient (Wildman–Crippen LogP) is 0.174. The Kier molecular flexibility index (Phi) is 2.44. The van der Waals surface area contributed by atoms with Gasteiger partial charge in [0.1, 0.15) is 0 Å². The van der Waals surface area contributed by atoms with Crippen LogP contribution in [-0.2, 0) is 4.79 Å². The minimum atomic E-state index is -0.472. The van der Waals surface area contributed by atoms with Crippen LogP contribution in [0.1, 0.15) is 32.1 Å². The average molecular weight is 223 g/mol. The Morgan fingerprint density at radius 2 is 1.88 bits per heavy atom. The summed E-state index contributed by atoms with van der Waals surface area (Å²) in [6.07, 6.45) is 5.56. The van der Waals surface area contributed by atoms with Gasteiger partial charge >= 0.3 is 0 Å². The maximum atomic E-state index is 12.1. The summed E-state index contributed by atoms with van der Waals surface area (Å²) in [5.41, 5.74) is 5.49. The number of nitrogens with zero attached hydrogens (tertiary/aromatic N) is 2. The van der Waals surface area contributed by atoms with Crippen LogP contribution in [-0.4, -0.2) is 53.5 Å². The monoisotopic (exact) mass is 223 g/mol. The Morgan fingerprint density at radius 1 is 1.19 bits per heavy atom. The first-order chi connectivity index (χ1) is 7.69. The van der Waals surface area contributed by atoms with E-state index >= 15 is 0 Å². The molecule has 0 bridgehead atoms. The molecule has 0 aromatic heterocycles. The third kappa shape index (κ3) is 1.74. The molecule has 3 aliphatic rings. The number of hydrogen-bond donors (Lipinski definition) is 1. The number of carbonyl (C=O) groups excluding carboxylic acids is 1. The van der Waals surface area contributed by atoms with Crippen molar-refractivity contribution in [2.24, 2.45) is 5.73 Å². The van der Waals surface area contributed by atoms with E-state index < -0.39 is 5.54 Å². The van der Waals surface area contributed by atoms with Crippen LogP contribution in [0.4, 0.5) is 0 Å². The summed E-state index contributed by atoms with van der Waals surface area (Å²) in [6.45, 7) is 4.28. The zero-order valence-electron chi connectivity index (χ0n) is 9.82. The Hall–Kier alpha value is -0.610. The third-order valence-corrected chi connectivity index (χ3v) is 4.32. The van der Waals surface area contributed by atoms with Crippen LogP contribution in [0.3, 0.4) is 0 Å². The van der Waals surface area contributed by atoms with Crippen molar-refractivity contribution < 1.29 is 4.79 Å². The van der Waals surface area contributed by atoms with Crippen molar-refractivity contribution in [3.8, 4) is 0 Å². The lowest BCUT2D eigenvalue weighted by atomic mass is 10.2. The Balaban J connectivity index is 1.58. The van der Waals surface area contributed by atoms with E-state index in [0.29, 0.717) is 6.04 Å². The molecule has 2 heterocycles. The molecule has 3 rings (SSSR count). The molecular weight excluding hydrogens is 202 g/mol. The number of carbonyl (C=O) groups is 1. The maximum absolute atomic E-state index is 12.1. The van der Waals surface area contributed by atoms with Gasteiger partial charge in [0.15, 0.2) is 0 Å². The molecular formula is C12H21N3O. The molecule has 0 spiro atoms. The number of hydrogen-bond acceptors (Lipinski definition) is 3. The zero-order valence-corrected chi connectivity index (χ0v) is 9.82. The summed E-state index contributed by atoms with van der Waals surface area (Å²) in [6, 6.07) is 0.605. The first-order valence-electron chi connectivity index (χ1n) is 6.51. The fourth-order valence-electron chi connectivity index (χ4n) is 2.99. The van der Waals surface area contributed by atoms with Gasteiger partial charge in [-0.15, -0.1) is 0 Å². The highest BCUT2D eigenvalue weighted by atomic mass is 16.2. The zero-order chi connectivity index (χ0) is 11.2. The molecule has 90 valence electrons. The molecule has 2 saturated heterocycles. The van der Waals surface area contributed by atoms with E-state index in [-0.39, 0.29) is 5.91 Å². The van der Waals surface area contributed by atoms with Gasteiger partial charge in [-0.2, -0.15) is 0 Å². The van der Waals surface area contributed by atoms with Crippen molar-refractivity contribution in [2.45, 2.75) is 43.7 Å². The van der Waals surface area contributed by atoms with Gasteiger partial charge in [0, 0.05) is 19.1 Å². The van der Waals surface area contributed by atoms with E-state index in [1.165, 1.54) is 25.9 Å². The summed E-state index contributed by atoms with van der Waals surface area (Å²) in [5, 5.41) is 0. The van der Waals surface area contributed by atoms with Gasteiger partial charge < -0.3 is 10.6 Å². The van der Waals surface area contributed by atoms with Gasteiger partial charge in [-0.3, -0.25) is 9.69 Å². The normalized spacial score (nSPS) is 33.3. The van der Waals surface area contributed by atoms with Crippen LogP contribution in [0.25, 0.3) is 0 Å². The van der Waals surface area contributed by atoms with Crippen LogP contribution in [0.15, 0.2) is 0 Å². The average Bonchev–Trinajstić information content (AvgIpc) is 2.82. The first-order valence-corrected chi connectivity index (χ1v) is 6.51. The van der Waals surface area contributed by atoms with E-state index in [9.17, 15) is 4.79 Å². The number of rotatable bonds is 2. The minimum absolute atomic E-state index is 0.203. The molecule has 1 atom stereocenters. The third-order valence-electron chi connectivity index (χ3n) is 4.32. The molecule has 0 radical (unpaired) electrons. The van der Waals surface area contributed by atoms with Gasteiger partial charge in [-0.05, 0) is 45.2 Å². The Morgan fingerprint density at radius 3 is 2.50 bits per heavy atom. The molecule has 16 heavy (non-hydrogen) atoms. The van der Waals surface area contributed by atoms with Crippen LogP contribution < -0.4 is 5.73 Å². The van der Waals surface area contributed by atoms with Gasteiger partial charge in [0.25, 0.3) is 0 Å². The molecule has 4 nitrogen and oxygen atoms in total. The molecule has 1 unspecified atom stereocenters. The molecule has 1 saturated carbocycles. The standard InChI is InChI=1S/C12H21N3O/c13-12(4-5-12)11(16)15-8-3-10(9-15)14-6-1-2-7-14/h10H,1-9,13H2. The summed E-state index contributed by atoms with van der Waals surface area (Å²) >= 11 is 0. The molecule has 2 N–H and O–H groups in total. The Labute approximate surface area is 96.8 Å². The van der Waals surface area contributed by atoms with E-state index in [1.807, 2.05) is 4.90 Å². The molecule has 1 aliphatic carbocycles. The highest BCUT2D eigenvalue weighted by molar-refractivity contribution is 5.89. The summed E-state index contributed by atoms with van der Waals surface area (Å²) in [5.74, 6) is 0.203. The molecule has 4 heteroatoms. The van der Waals surface area contributed by atoms with Crippen molar-refractivity contribution in [3.05, 3.63) is 0 Å². The molecule has 1 amide bonds. The van der Waals surface area contributed by atoms with Crippen LogP contribution in [0.2, 0.25) is 0 Å². The Bertz CT molecular complexity index is 295. The predicted molar refractivity (Wildman–Crippen MR) is 61.9 cm³/mol. The second-order valence-corrected chi connectivity index (χ2v) is 5.59. The molecule has 0 aromatic rings. The second kappa shape index (κ2) is 3.70. The lowest BCUT2D eigenvalue weighted by Gasteiger charge is -2.24. The van der Waals surface area contributed by atoms with E-state index in [0.717, 1.165) is 32.4 Å². The van der Waals surface area contributed by atoms with Crippen molar-refractivity contribution in [1.29, 1.82) is 0 Å². The smallest absolute Gasteiger partial charge is 0.242 e. The fourth-order valence-corrected chi connectivity index (χ4v) is 2.99. The highest BCUT2D eigenvalue weighted by Gasteiger charge is 2.49. The topological polar surface area (TPSA) is 49.6 Å². The van der Waals surface area contributed by atoms with Crippen molar-refractivity contribution >= 4 is 5.91 Å². The van der Waals surface area contributed by atoms with E-state index in [2.05, 4.69) is 4.90 Å². The maximum Gasteiger partial charge on any atom is 0.242 e. The van der Waals surface area contributed by atoms with Gasteiger partial charge in [-0.1, -0.05) is 0 Å². The summed E-state index contributed by atoms with van der Waals surface area (Å²) < 4.78 is 0. The second-order valence-electron chi connectivity index (χ2n) is 5.59. The fraction of sp³-hybridized carbons (Fsp3) is 0.917. The highest BCUT2D eigenvalue weighted by Crippen LogP contribution is 2.35. The molecule has 3 fully saturated rings. The van der Waals surface area contributed by atoms with Gasteiger partial charge in [0.2, 0.25) is 5.91 Å². The molecule has 0 aromatic carbocycles. The largest absolute Gasteiger partial charge is 0.339 e. The van der Waals surface area contributed by atoms with Crippen molar-refractivity contribution in [2.75, 3.05) is 26.2 Å². The van der Waals surface area contributed by atoms with Crippen molar-refractivity contribution in [3.63, 3.8) is 0 Å². The minimum Gasteiger partial charge on any atom is -0.339 e. The van der Waals surface area contributed by atoms with Gasteiger partial charge in [0.05, 0.1) is 5.54 Å². The first kappa shape index (κ1) is 10.5. The van der Waals surface area contributed by atoms with Crippen LogP contribution >= 0.6 is 0 Å². The lowest BCUT2D eigenvalue weighted by Crippen LogP contribution is -2.46. The number of likely N-dealkylation sites (tertiary alicyclic amines) is 2. The molecule has 2 aliphatic heterocycles. The summed E-state index contributed by atoms with van der Waals surface area (Å²) in [7, 11) is 0. The van der Waals surface area contributed by atoms with Crippen molar-refractivity contribution in [1.82, 2.24) is 9.80 Å². The van der Waals surface area contributed by atoms with Crippen LogP contribution in [0, 0.1) is 0 Å². The summed E-state index contributed by atoms with van der Waals surface area (Å²) in [4.78, 5) is 16.6. The van der Waals surface area contributed by atoms with Gasteiger partial charge in [-0.25, -0.2) is 0 Å². The van der Waals surface area contributed by atoms with E-state index in [4.69, 9.17) is 5.73 Å². The SMILES string of the molecule is NC1(C(=O)N2CCC(N3CCCC3)C2)CC1. The quantitative estimate of drug-likeness (QED) is 0.726. The number of amides is 1. The number of nitrogens with two attached hydrogens (primary N) is 1. The van der Waals surface area contributed by atoms with Crippen LogP contribution in [0.5, 0.6) is 0 Å². The lowest BCUT2D eigenvalue weighted by molar-refractivity contribution is -0.132.